The first-order valence-corrected chi connectivity index (χ1v) is 7.49. The van der Waals surface area contributed by atoms with Crippen LogP contribution >= 0.6 is 11.6 Å². The molecule has 0 bridgehead atoms. The first-order valence-electron chi connectivity index (χ1n) is 7.11. The van der Waals surface area contributed by atoms with E-state index in [-0.39, 0.29) is 34.6 Å². The Morgan fingerprint density at radius 1 is 1.55 bits per heavy atom. The summed E-state index contributed by atoms with van der Waals surface area (Å²) < 4.78 is 24.4. The van der Waals surface area contributed by atoms with Crippen LogP contribution in [0.15, 0.2) is 6.07 Å². The lowest BCUT2D eigenvalue weighted by atomic mass is 9.76. The summed E-state index contributed by atoms with van der Waals surface area (Å²) in [5.41, 5.74) is -0.602. The van der Waals surface area contributed by atoms with Gasteiger partial charge in [0.1, 0.15) is 22.1 Å². The van der Waals surface area contributed by atoms with E-state index in [9.17, 15) is 14.3 Å². The van der Waals surface area contributed by atoms with Crippen LogP contribution in [0.5, 0.6) is 11.5 Å². The lowest BCUT2D eigenvalue weighted by Crippen LogP contribution is -2.57. The molecule has 0 atom stereocenters. The maximum absolute atomic E-state index is 14.3. The maximum Gasteiger partial charge on any atom is 0.326 e. The highest BCUT2D eigenvalue weighted by Crippen LogP contribution is 2.37. The molecule has 1 aliphatic rings. The van der Waals surface area contributed by atoms with Crippen LogP contribution < -0.4 is 10.1 Å². The third kappa shape index (κ3) is 2.98. The molecule has 0 spiro atoms. The molecule has 1 aromatic carbocycles. The van der Waals surface area contributed by atoms with E-state index in [2.05, 4.69) is 5.32 Å². The summed E-state index contributed by atoms with van der Waals surface area (Å²) in [5, 5.41) is 12.3. The maximum atomic E-state index is 14.3. The number of nitrogens with one attached hydrogen (secondary N) is 1. The Labute approximate surface area is 133 Å². The highest BCUT2D eigenvalue weighted by Gasteiger charge is 2.45. The zero-order valence-corrected chi connectivity index (χ0v) is 13.3. The van der Waals surface area contributed by atoms with Crippen molar-refractivity contribution in [1.29, 1.82) is 0 Å². The Morgan fingerprint density at radius 3 is 2.73 bits per heavy atom. The Kier molecular flexibility index (Phi) is 5.13. The van der Waals surface area contributed by atoms with E-state index in [0.717, 1.165) is 6.42 Å². The van der Waals surface area contributed by atoms with Gasteiger partial charge in [-0.05, 0) is 26.2 Å². The van der Waals surface area contributed by atoms with Crippen molar-refractivity contribution >= 4 is 17.6 Å². The third-order valence-electron chi connectivity index (χ3n) is 3.93. The van der Waals surface area contributed by atoms with Gasteiger partial charge in [-0.1, -0.05) is 11.6 Å². The van der Waals surface area contributed by atoms with E-state index < -0.39 is 11.4 Å². The molecule has 22 heavy (non-hydrogen) atoms. The van der Waals surface area contributed by atoms with Crippen molar-refractivity contribution in [2.75, 3.05) is 13.7 Å². The van der Waals surface area contributed by atoms with E-state index >= 15 is 0 Å². The predicted molar refractivity (Wildman–Crippen MR) is 79.7 cm³/mol. The van der Waals surface area contributed by atoms with Crippen LogP contribution in [-0.2, 0) is 16.1 Å². The third-order valence-corrected chi connectivity index (χ3v) is 4.29. The molecule has 2 rings (SSSR count). The first-order chi connectivity index (χ1) is 10.4. The second-order valence-electron chi connectivity index (χ2n) is 5.21. The Morgan fingerprint density at radius 2 is 2.23 bits per heavy atom. The zero-order valence-electron chi connectivity index (χ0n) is 12.5. The largest absolute Gasteiger partial charge is 0.506 e. The van der Waals surface area contributed by atoms with Crippen molar-refractivity contribution in [3.63, 3.8) is 0 Å². The summed E-state index contributed by atoms with van der Waals surface area (Å²) in [6.45, 7) is 2.12. The molecule has 0 unspecified atom stereocenters. The average molecular weight is 332 g/mol. The number of ether oxygens (including phenoxy) is 2. The summed E-state index contributed by atoms with van der Waals surface area (Å²) in [5.74, 6) is -1.29. The molecule has 0 amide bonds. The molecule has 1 saturated carbocycles. The lowest BCUT2D eigenvalue weighted by molar-refractivity contribution is -0.152. The Hall–Kier alpha value is -1.53. The average Bonchev–Trinajstić information content (AvgIpc) is 2.46. The zero-order chi connectivity index (χ0) is 16.3. The van der Waals surface area contributed by atoms with Crippen LogP contribution in [0, 0.1) is 5.82 Å². The first kappa shape index (κ1) is 16.8. The lowest BCUT2D eigenvalue weighted by Gasteiger charge is -2.39. The minimum Gasteiger partial charge on any atom is -0.506 e. The minimum absolute atomic E-state index is 0.0519. The molecule has 1 fully saturated rings. The van der Waals surface area contributed by atoms with Gasteiger partial charge >= 0.3 is 5.97 Å². The predicted octanol–water partition coefficient (Wildman–Crippen LogP) is 2.77. The summed E-state index contributed by atoms with van der Waals surface area (Å²) in [6.07, 6.45) is 2.17. The van der Waals surface area contributed by atoms with Gasteiger partial charge in [0, 0.05) is 18.2 Å². The molecule has 0 radical (unpaired) electrons. The van der Waals surface area contributed by atoms with Crippen LogP contribution in [0.3, 0.4) is 0 Å². The van der Waals surface area contributed by atoms with Gasteiger partial charge in [-0.25, -0.2) is 4.39 Å². The molecule has 0 aromatic heterocycles. The van der Waals surface area contributed by atoms with Crippen LogP contribution in [0.1, 0.15) is 31.7 Å². The number of phenols is 1. The smallest absolute Gasteiger partial charge is 0.326 e. The number of rotatable bonds is 6. The molecule has 0 saturated heterocycles. The number of carbonyl (C=O) groups is 1. The van der Waals surface area contributed by atoms with Gasteiger partial charge in [-0.3, -0.25) is 10.1 Å². The summed E-state index contributed by atoms with van der Waals surface area (Å²) in [6, 6.07) is 1.28. The second kappa shape index (κ2) is 6.71. The Bertz CT molecular complexity index is 575. The summed E-state index contributed by atoms with van der Waals surface area (Å²) in [7, 11) is 1.33. The quantitative estimate of drug-likeness (QED) is 0.785. The number of carbonyl (C=O) groups excluding carboxylic acids is 1. The number of phenolic OH excluding ortho intramolecular Hbond substituents is 1. The number of esters is 1. The highest BCUT2D eigenvalue weighted by atomic mass is 35.5. The van der Waals surface area contributed by atoms with Gasteiger partial charge in [0.05, 0.1) is 13.7 Å². The van der Waals surface area contributed by atoms with Gasteiger partial charge < -0.3 is 14.6 Å². The minimum atomic E-state index is -0.783. The van der Waals surface area contributed by atoms with E-state index in [1.165, 1.54) is 13.2 Å². The van der Waals surface area contributed by atoms with E-state index in [1.807, 2.05) is 0 Å². The fourth-order valence-electron chi connectivity index (χ4n) is 2.51. The van der Waals surface area contributed by atoms with E-state index in [0.29, 0.717) is 19.4 Å². The van der Waals surface area contributed by atoms with Crippen molar-refractivity contribution in [2.24, 2.45) is 0 Å². The molecule has 1 aliphatic carbocycles. The number of hydrogen-bond donors (Lipinski definition) is 2. The highest BCUT2D eigenvalue weighted by molar-refractivity contribution is 6.32. The number of aromatic hydroxyl groups is 1. The fourth-order valence-corrected chi connectivity index (χ4v) is 2.68. The SMILES string of the molecule is CCOc1cc(O)c(Cl)c(F)c1CNC1(C(=O)OC)CCC1. The number of methoxy groups -OCH3 is 1. The second-order valence-corrected chi connectivity index (χ2v) is 5.59. The summed E-state index contributed by atoms with van der Waals surface area (Å²) >= 11 is 5.74. The molecule has 122 valence electrons. The molecule has 5 nitrogen and oxygen atoms in total. The van der Waals surface area contributed by atoms with Crippen LogP contribution in [0.2, 0.25) is 5.02 Å². The van der Waals surface area contributed by atoms with Crippen molar-refractivity contribution in [1.82, 2.24) is 5.32 Å². The number of hydrogen-bond acceptors (Lipinski definition) is 5. The van der Waals surface area contributed by atoms with Gasteiger partial charge in [-0.15, -0.1) is 0 Å². The van der Waals surface area contributed by atoms with E-state index in [4.69, 9.17) is 21.1 Å². The van der Waals surface area contributed by atoms with Crippen LogP contribution in [0.25, 0.3) is 0 Å². The van der Waals surface area contributed by atoms with Crippen molar-refractivity contribution in [2.45, 2.75) is 38.3 Å². The van der Waals surface area contributed by atoms with Gasteiger partial charge in [0.25, 0.3) is 0 Å². The molecular formula is C15H19ClFNO4. The molecule has 0 heterocycles. The topological polar surface area (TPSA) is 67.8 Å². The molecular weight excluding hydrogens is 313 g/mol. The van der Waals surface area contributed by atoms with Crippen LogP contribution in [0.4, 0.5) is 4.39 Å². The van der Waals surface area contributed by atoms with E-state index in [1.54, 1.807) is 6.92 Å². The van der Waals surface area contributed by atoms with Crippen molar-refractivity contribution < 1.29 is 23.8 Å². The van der Waals surface area contributed by atoms with Crippen LogP contribution in [-0.4, -0.2) is 30.3 Å². The molecule has 1 aromatic rings. The number of benzene rings is 1. The fraction of sp³-hybridized carbons (Fsp3) is 0.533. The molecule has 7 heteroatoms. The van der Waals surface area contributed by atoms with Gasteiger partial charge in [-0.2, -0.15) is 0 Å². The molecule has 2 N–H and O–H groups in total. The van der Waals surface area contributed by atoms with Gasteiger partial charge in [0.2, 0.25) is 0 Å². The standard InChI is InChI=1S/C15H19ClFNO4/c1-3-22-11-7-10(19)12(16)13(17)9(11)8-18-15(5-4-6-15)14(20)21-2/h7,18-19H,3-6,8H2,1-2H3. The normalized spacial score (nSPS) is 16.0. The summed E-state index contributed by atoms with van der Waals surface area (Å²) in [4.78, 5) is 11.9. The van der Waals surface area contributed by atoms with Gasteiger partial charge in [0.15, 0.2) is 5.82 Å². The molecule has 0 aliphatic heterocycles. The van der Waals surface area contributed by atoms with Crippen molar-refractivity contribution in [3.8, 4) is 11.5 Å². The number of halogens is 2. The van der Waals surface area contributed by atoms with Crippen molar-refractivity contribution in [3.05, 3.63) is 22.5 Å². The Balaban J connectivity index is 2.25. The monoisotopic (exact) mass is 331 g/mol.